The molecule has 0 aromatic carbocycles. The molecule has 3 nitrogen and oxygen atoms in total. The topological polar surface area (TPSA) is 29.5 Å². The zero-order valence-corrected chi connectivity index (χ0v) is 15.5. The molecule has 118 valence electrons. The van der Waals surface area contributed by atoms with Gasteiger partial charge in [0.15, 0.2) is 8.32 Å². The molecule has 1 saturated carbocycles. The molecule has 1 fully saturated rings. The second-order valence-corrected chi connectivity index (χ2v) is 12.3. The Morgan fingerprint density at radius 3 is 2.25 bits per heavy atom. The second-order valence-electron chi connectivity index (χ2n) is 7.59. The van der Waals surface area contributed by atoms with E-state index < -0.39 is 8.32 Å². The van der Waals surface area contributed by atoms with Crippen LogP contribution in [0, 0.1) is 5.92 Å². The van der Waals surface area contributed by atoms with E-state index in [0.29, 0.717) is 12.2 Å². The zero-order chi connectivity index (χ0) is 15.6. The van der Waals surface area contributed by atoms with Gasteiger partial charge in [0.05, 0.1) is 6.10 Å². The summed E-state index contributed by atoms with van der Waals surface area (Å²) in [6.45, 7) is 18.6. The summed E-state index contributed by atoms with van der Waals surface area (Å²) < 4.78 is 6.41. The first kappa shape index (κ1) is 17.9. The fraction of sp³-hybridized carbons (Fsp3) is 0.938. The Labute approximate surface area is 126 Å². The third-order valence-electron chi connectivity index (χ3n) is 5.07. The fourth-order valence-electron chi connectivity index (χ4n) is 2.58. The van der Waals surface area contributed by atoms with E-state index in [1.54, 1.807) is 0 Å². The summed E-state index contributed by atoms with van der Waals surface area (Å²) >= 11 is 0. The lowest BCUT2D eigenvalue weighted by atomic mass is 10.1. The van der Waals surface area contributed by atoms with Crippen molar-refractivity contribution in [1.29, 1.82) is 0 Å². The zero-order valence-electron chi connectivity index (χ0n) is 14.5. The fourth-order valence-corrected chi connectivity index (χ4v) is 3.94. The highest BCUT2D eigenvalue weighted by Crippen LogP contribution is 2.39. The van der Waals surface area contributed by atoms with E-state index in [1.165, 1.54) is 0 Å². The minimum atomic E-state index is -1.75. The molecular formula is C16H33NO2Si. The first-order valence-electron chi connectivity index (χ1n) is 8.03. The van der Waals surface area contributed by atoms with Crippen LogP contribution in [0.15, 0.2) is 0 Å². The van der Waals surface area contributed by atoms with Gasteiger partial charge in [-0.1, -0.05) is 34.6 Å². The number of hydrogen-bond donors (Lipinski definition) is 0. The minimum Gasteiger partial charge on any atom is -0.413 e. The Morgan fingerprint density at radius 2 is 1.80 bits per heavy atom. The summed E-state index contributed by atoms with van der Waals surface area (Å²) in [5, 5.41) is 0.215. The van der Waals surface area contributed by atoms with Crippen LogP contribution in [0.5, 0.6) is 0 Å². The summed E-state index contributed by atoms with van der Waals surface area (Å²) in [5.74, 6) is 0.588. The molecule has 20 heavy (non-hydrogen) atoms. The Bertz CT molecular complexity index is 332. The van der Waals surface area contributed by atoms with Gasteiger partial charge in [-0.25, -0.2) is 0 Å². The lowest BCUT2D eigenvalue weighted by Crippen LogP contribution is -2.43. The lowest BCUT2D eigenvalue weighted by Gasteiger charge is -2.38. The van der Waals surface area contributed by atoms with Crippen molar-refractivity contribution in [1.82, 2.24) is 4.90 Å². The maximum Gasteiger partial charge on any atom is 0.192 e. The predicted molar refractivity (Wildman–Crippen MR) is 87.6 cm³/mol. The Morgan fingerprint density at radius 1 is 1.25 bits per heavy atom. The molecule has 2 atom stereocenters. The molecule has 1 rings (SSSR count). The second kappa shape index (κ2) is 6.71. The van der Waals surface area contributed by atoms with Crippen LogP contribution in [0.4, 0.5) is 0 Å². The smallest absolute Gasteiger partial charge is 0.192 e. The van der Waals surface area contributed by atoms with Crippen molar-refractivity contribution in [2.24, 2.45) is 5.92 Å². The molecule has 0 N–H and O–H groups in total. The predicted octanol–water partition coefficient (Wildman–Crippen LogP) is 3.70. The average molecular weight is 300 g/mol. The van der Waals surface area contributed by atoms with Crippen LogP contribution in [0.1, 0.15) is 47.5 Å². The molecule has 1 aliphatic carbocycles. The Kier molecular flexibility index (Phi) is 5.99. The van der Waals surface area contributed by atoms with Crippen LogP contribution in [0.25, 0.3) is 0 Å². The number of Topliss-reactive ketones (excluding diaryl/α,β-unsaturated/α-hetero) is 1. The van der Waals surface area contributed by atoms with Gasteiger partial charge in [-0.2, -0.15) is 0 Å². The van der Waals surface area contributed by atoms with Crippen molar-refractivity contribution in [3.8, 4) is 0 Å². The number of nitrogens with zero attached hydrogens (tertiary/aromatic N) is 1. The van der Waals surface area contributed by atoms with Gasteiger partial charge in [-0.05, 0) is 37.6 Å². The van der Waals surface area contributed by atoms with Gasteiger partial charge in [-0.3, -0.25) is 4.79 Å². The minimum absolute atomic E-state index is 0.156. The number of carbonyl (C=O) groups is 1. The number of carbonyl (C=O) groups excluding carboxylic acids is 1. The van der Waals surface area contributed by atoms with Gasteiger partial charge in [0.25, 0.3) is 0 Å². The molecule has 0 spiro atoms. The van der Waals surface area contributed by atoms with Crippen molar-refractivity contribution in [3.63, 3.8) is 0 Å². The SMILES string of the molecule is CCN(CC)CC1C[C@@H](O[Si](C)(C)C(C)(C)C)CC1=O. The summed E-state index contributed by atoms with van der Waals surface area (Å²) in [4.78, 5) is 14.5. The molecule has 0 aromatic rings. The van der Waals surface area contributed by atoms with E-state index in [2.05, 4.69) is 52.6 Å². The highest BCUT2D eigenvalue weighted by molar-refractivity contribution is 6.74. The van der Waals surface area contributed by atoms with Crippen molar-refractivity contribution in [3.05, 3.63) is 0 Å². The van der Waals surface area contributed by atoms with Crippen molar-refractivity contribution in [2.45, 2.75) is 71.7 Å². The highest BCUT2D eigenvalue weighted by atomic mass is 28.4. The molecule has 1 unspecified atom stereocenters. The molecule has 0 aromatic heterocycles. The van der Waals surface area contributed by atoms with Crippen LogP contribution in [-0.4, -0.2) is 44.7 Å². The molecule has 0 saturated heterocycles. The normalized spacial score (nSPS) is 24.7. The average Bonchev–Trinajstić information content (AvgIpc) is 2.64. The standard InChI is InChI=1S/C16H33NO2Si/c1-8-17(9-2)12-13-10-14(11-15(13)18)19-20(6,7)16(3,4)5/h13-14H,8-12H2,1-7H3/t13?,14-/m1/s1. The number of ketones is 1. The Balaban J connectivity index is 2.59. The maximum absolute atomic E-state index is 12.2. The number of rotatable bonds is 6. The quantitative estimate of drug-likeness (QED) is 0.700. The first-order chi connectivity index (χ1) is 9.10. The molecule has 0 bridgehead atoms. The summed E-state index contributed by atoms with van der Waals surface area (Å²) in [6, 6.07) is 0. The van der Waals surface area contributed by atoms with E-state index >= 15 is 0 Å². The van der Waals surface area contributed by atoms with Crippen molar-refractivity contribution < 1.29 is 9.22 Å². The third-order valence-corrected chi connectivity index (χ3v) is 9.61. The van der Waals surface area contributed by atoms with E-state index in [9.17, 15) is 4.79 Å². The van der Waals surface area contributed by atoms with Crippen LogP contribution >= 0.6 is 0 Å². The molecule has 0 amide bonds. The summed E-state index contributed by atoms with van der Waals surface area (Å²) in [7, 11) is -1.75. The van der Waals surface area contributed by atoms with Gasteiger partial charge in [0.1, 0.15) is 5.78 Å². The molecule has 0 heterocycles. The summed E-state index contributed by atoms with van der Waals surface area (Å²) in [5.41, 5.74) is 0. The van der Waals surface area contributed by atoms with Gasteiger partial charge in [-0.15, -0.1) is 0 Å². The van der Waals surface area contributed by atoms with E-state index in [0.717, 1.165) is 26.1 Å². The molecule has 0 radical (unpaired) electrons. The van der Waals surface area contributed by atoms with E-state index in [1.807, 2.05) is 0 Å². The monoisotopic (exact) mass is 299 g/mol. The van der Waals surface area contributed by atoms with Crippen molar-refractivity contribution >= 4 is 14.1 Å². The lowest BCUT2D eigenvalue weighted by molar-refractivity contribution is -0.121. The van der Waals surface area contributed by atoms with Crippen LogP contribution in [0.3, 0.4) is 0 Å². The maximum atomic E-state index is 12.2. The Hall–Kier alpha value is -0.193. The van der Waals surface area contributed by atoms with Gasteiger partial charge >= 0.3 is 0 Å². The van der Waals surface area contributed by atoms with Crippen molar-refractivity contribution in [2.75, 3.05) is 19.6 Å². The van der Waals surface area contributed by atoms with Gasteiger partial charge < -0.3 is 9.33 Å². The van der Waals surface area contributed by atoms with E-state index in [4.69, 9.17) is 4.43 Å². The third kappa shape index (κ3) is 4.40. The number of hydrogen-bond acceptors (Lipinski definition) is 3. The molecule has 4 heteroatoms. The first-order valence-corrected chi connectivity index (χ1v) is 10.9. The van der Waals surface area contributed by atoms with E-state index in [-0.39, 0.29) is 17.1 Å². The summed E-state index contributed by atoms with van der Waals surface area (Å²) in [6.07, 6.45) is 1.70. The van der Waals surface area contributed by atoms with Crippen LogP contribution in [-0.2, 0) is 9.22 Å². The van der Waals surface area contributed by atoms with Crippen LogP contribution in [0.2, 0.25) is 18.1 Å². The van der Waals surface area contributed by atoms with Crippen LogP contribution < -0.4 is 0 Å². The van der Waals surface area contributed by atoms with Gasteiger partial charge in [0, 0.05) is 18.9 Å². The highest BCUT2D eigenvalue weighted by Gasteiger charge is 2.42. The molecular weight excluding hydrogens is 266 g/mol. The largest absolute Gasteiger partial charge is 0.413 e. The van der Waals surface area contributed by atoms with Gasteiger partial charge in [0.2, 0.25) is 0 Å². The molecule has 0 aliphatic heterocycles. The molecule has 1 aliphatic rings.